The first kappa shape index (κ1) is 24.1. The van der Waals surface area contributed by atoms with Gasteiger partial charge in [0.2, 0.25) is 0 Å². The molecule has 0 unspecified atom stereocenters. The van der Waals surface area contributed by atoms with E-state index in [0.29, 0.717) is 30.4 Å². The Balaban J connectivity index is 1.48. The molecular weight excluding hydrogens is 440 g/mol. The predicted molar refractivity (Wildman–Crippen MR) is 135 cm³/mol. The molecule has 0 radical (unpaired) electrons. The molecule has 2 heterocycles. The summed E-state index contributed by atoms with van der Waals surface area (Å²) in [5.74, 6) is 2.63. The van der Waals surface area contributed by atoms with E-state index < -0.39 is 0 Å². The number of hydrogen-bond donors (Lipinski definition) is 2. The van der Waals surface area contributed by atoms with E-state index in [2.05, 4.69) is 25.6 Å². The van der Waals surface area contributed by atoms with Crippen LogP contribution in [0.4, 0.5) is 17.3 Å². The molecule has 0 spiro atoms. The van der Waals surface area contributed by atoms with Crippen molar-refractivity contribution in [3.63, 3.8) is 0 Å². The van der Waals surface area contributed by atoms with Gasteiger partial charge in [-0.1, -0.05) is 31.4 Å². The van der Waals surface area contributed by atoms with Gasteiger partial charge in [-0.15, -0.1) is 0 Å². The molecule has 0 amide bonds. The van der Waals surface area contributed by atoms with Gasteiger partial charge in [0.15, 0.2) is 5.69 Å². The first-order valence-electron chi connectivity index (χ1n) is 12.0. The van der Waals surface area contributed by atoms with Crippen molar-refractivity contribution >= 4 is 23.1 Å². The van der Waals surface area contributed by atoms with Crippen LogP contribution in [0.2, 0.25) is 0 Å². The summed E-state index contributed by atoms with van der Waals surface area (Å²) in [6, 6.07) is 11.5. The van der Waals surface area contributed by atoms with E-state index in [4.69, 9.17) is 10.00 Å². The van der Waals surface area contributed by atoms with Gasteiger partial charge in [-0.05, 0) is 36.5 Å². The SMILES string of the molecule is COc1ccc(CC(=O)Cc2cnc(Nc3cnc(C#N)cn3)cc2NCC2CCCCC2)cc1. The lowest BCUT2D eigenvalue weighted by Gasteiger charge is -2.23. The summed E-state index contributed by atoms with van der Waals surface area (Å²) >= 11 is 0. The summed E-state index contributed by atoms with van der Waals surface area (Å²) in [6.07, 6.45) is 11.6. The number of nitrogens with zero attached hydrogens (tertiary/aromatic N) is 4. The Hall–Kier alpha value is -3.99. The number of anilines is 3. The topological polar surface area (TPSA) is 113 Å². The molecule has 0 atom stereocenters. The number of carbonyl (C=O) groups excluding carboxylic acids is 1. The zero-order valence-electron chi connectivity index (χ0n) is 20.0. The zero-order valence-corrected chi connectivity index (χ0v) is 20.0. The summed E-state index contributed by atoms with van der Waals surface area (Å²) in [5.41, 5.74) is 2.98. The number of nitriles is 1. The Kier molecular flexibility index (Phi) is 8.23. The highest BCUT2D eigenvalue weighted by atomic mass is 16.5. The molecule has 8 nitrogen and oxygen atoms in total. The Morgan fingerprint density at radius 3 is 2.49 bits per heavy atom. The van der Waals surface area contributed by atoms with E-state index in [1.165, 1.54) is 44.5 Å². The lowest BCUT2D eigenvalue weighted by atomic mass is 9.89. The maximum atomic E-state index is 12.9. The van der Waals surface area contributed by atoms with Gasteiger partial charge in [0.25, 0.3) is 0 Å². The highest BCUT2D eigenvalue weighted by molar-refractivity contribution is 5.84. The Labute approximate surface area is 205 Å². The van der Waals surface area contributed by atoms with Crippen LogP contribution in [0.3, 0.4) is 0 Å². The quantitative estimate of drug-likeness (QED) is 0.433. The minimum absolute atomic E-state index is 0.122. The Morgan fingerprint density at radius 1 is 1.03 bits per heavy atom. The number of pyridine rings is 1. The van der Waals surface area contributed by atoms with Crippen molar-refractivity contribution in [3.8, 4) is 11.8 Å². The number of rotatable bonds is 10. The molecule has 8 heteroatoms. The van der Waals surface area contributed by atoms with Crippen molar-refractivity contribution in [1.82, 2.24) is 15.0 Å². The van der Waals surface area contributed by atoms with Gasteiger partial charge in [0, 0.05) is 42.9 Å². The van der Waals surface area contributed by atoms with E-state index in [-0.39, 0.29) is 11.5 Å². The minimum Gasteiger partial charge on any atom is -0.497 e. The van der Waals surface area contributed by atoms with E-state index in [0.717, 1.165) is 29.1 Å². The molecule has 0 bridgehead atoms. The van der Waals surface area contributed by atoms with Crippen molar-refractivity contribution in [1.29, 1.82) is 5.26 Å². The molecule has 1 saturated carbocycles. The third-order valence-corrected chi connectivity index (χ3v) is 6.26. The van der Waals surface area contributed by atoms with Crippen molar-refractivity contribution < 1.29 is 9.53 Å². The zero-order chi connectivity index (χ0) is 24.5. The predicted octanol–water partition coefficient (Wildman–Crippen LogP) is 4.84. The average Bonchev–Trinajstić information content (AvgIpc) is 2.90. The lowest BCUT2D eigenvalue weighted by molar-refractivity contribution is -0.117. The number of benzene rings is 1. The molecule has 0 aliphatic heterocycles. The highest BCUT2D eigenvalue weighted by Gasteiger charge is 2.16. The number of hydrogen-bond acceptors (Lipinski definition) is 8. The normalized spacial score (nSPS) is 13.6. The van der Waals surface area contributed by atoms with E-state index >= 15 is 0 Å². The molecule has 3 aromatic rings. The van der Waals surface area contributed by atoms with Crippen LogP contribution in [-0.2, 0) is 17.6 Å². The summed E-state index contributed by atoms with van der Waals surface area (Å²) in [5, 5.41) is 15.6. The van der Waals surface area contributed by atoms with Gasteiger partial charge in [0.05, 0.1) is 19.5 Å². The van der Waals surface area contributed by atoms with Crippen LogP contribution in [0.25, 0.3) is 0 Å². The fourth-order valence-corrected chi connectivity index (χ4v) is 4.33. The molecule has 180 valence electrons. The van der Waals surface area contributed by atoms with Crippen LogP contribution in [0.5, 0.6) is 5.75 Å². The molecule has 35 heavy (non-hydrogen) atoms. The Bertz CT molecular complexity index is 1170. The van der Waals surface area contributed by atoms with Gasteiger partial charge in [-0.25, -0.2) is 15.0 Å². The summed E-state index contributed by atoms with van der Waals surface area (Å²) in [7, 11) is 1.63. The molecule has 4 rings (SSSR count). The summed E-state index contributed by atoms with van der Waals surface area (Å²) in [6.45, 7) is 0.875. The maximum absolute atomic E-state index is 12.9. The van der Waals surface area contributed by atoms with Crippen LogP contribution in [-0.4, -0.2) is 34.4 Å². The largest absolute Gasteiger partial charge is 0.497 e. The molecule has 1 aliphatic rings. The van der Waals surface area contributed by atoms with E-state index in [1.54, 1.807) is 13.3 Å². The molecule has 0 saturated heterocycles. The van der Waals surface area contributed by atoms with Gasteiger partial charge < -0.3 is 15.4 Å². The van der Waals surface area contributed by atoms with Crippen LogP contribution >= 0.6 is 0 Å². The molecule has 1 fully saturated rings. The van der Waals surface area contributed by atoms with Crippen molar-refractivity contribution in [2.45, 2.75) is 44.9 Å². The number of methoxy groups -OCH3 is 1. The second kappa shape index (κ2) is 11.9. The minimum atomic E-state index is 0.122. The second-order valence-electron chi connectivity index (χ2n) is 8.88. The number of ether oxygens (including phenoxy) is 1. The van der Waals surface area contributed by atoms with Crippen molar-refractivity contribution in [2.24, 2.45) is 5.92 Å². The fraction of sp³-hybridized carbons (Fsp3) is 0.370. The maximum Gasteiger partial charge on any atom is 0.158 e. The van der Waals surface area contributed by atoms with Gasteiger partial charge in [-0.3, -0.25) is 4.79 Å². The van der Waals surface area contributed by atoms with Crippen LogP contribution in [0.15, 0.2) is 48.9 Å². The molecular formula is C27H30N6O2. The Morgan fingerprint density at radius 2 is 1.80 bits per heavy atom. The van der Waals surface area contributed by atoms with E-state index in [9.17, 15) is 4.79 Å². The number of ketones is 1. The molecule has 2 N–H and O–H groups in total. The standard InChI is InChI=1S/C27H30N6O2/c1-35-24-9-7-19(8-10-24)11-23(34)12-21-16-31-26(33-27-18-29-22(14-28)17-32-27)13-25(21)30-15-20-5-3-2-4-6-20/h7-10,13,16-18,20H,2-6,11-12,15H2,1H3,(H2,30,31,32,33). The first-order chi connectivity index (χ1) is 17.1. The molecule has 2 aromatic heterocycles. The van der Waals surface area contributed by atoms with E-state index in [1.807, 2.05) is 36.4 Å². The first-order valence-corrected chi connectivity index (χ1v) is 12.0. The smallest absolute Gasteiger partial charge is 0.158 e. The highest BCUT2D eigenvalue weighted by Crippen LogP contribution is 2.26. The average molecular weight is 471 g/mol. The van der Waals surface area contributed by atoms with Gasteiger partial charge >= 0.3 is 0 Å². The number of carbonyl (C=O) groups is 1. The summed E-state index contributed by atoms with van der Waals surface area (Å²) < 4.78 is 5.20. The number of nitrogens with one attached hydrogen (secondary N) is 2. The number of Topliss-reactive ketones (excluding diaryl/α,β-unsaturated/α-hetero) is 1. The summed E-state index contributed by atoms with van der Waals surface area (Å²) in [4.78, 5) is 25.6. The van der Waals surface area contributed by atoms with Crippen molar-refractivity contribution in [2.75, 3.05) is 24.3 Å². The van der Waals surface area contributed by atoms with Gasteiger partial charge in [-0.2, -0.15) is 5.26 Å². The molecule has 1 aliphatic carbocycles. The van der Waals surface area contributed by atoms with Crippen LogP contribution < -0.4 is 15.4 Å². The number of aromatic nitrogens is 3. The lowest BCUT2D eigenvalue weighted by Crippen LogP contribution is -2.18. The molecule has 1 aromatic carbocycles. The second-order valence-corrected chi connectivity index (χ2v) is 8.88. The van der Waals surface area contributed by atoms with Crippen molar-refractivity contribution in [3.05, 3.63) is 65.7 Å². The van der Waals surface area contributed by atoms with Gasteiger partial charge in [0.1, 0.15) is 29.2 Å². The third kappa shape index (κ3) is 7.00. The van der Waals surface area contributed by atoms with Crippen LogP contribution in [0, 0.1) is 17.2 Å². The monoisotopic (exact) mass is 470 g/mol. The fourth-order valence-electron chi connectivity index (χ4n) is 4.33. The third-order valence-electron chi connectivity index (χ3n) is 6.26. The van der Waals surface area contributed by atoms with Crippen LogP contribution in [0.1, 0.15) is 48.9 Å².